The van der Waals surface area contributed by atoms with Crippen LogP contribution in [0.4, 0.5) is 0 Å². The van der Waals surface area contributed by atoms with E-state index in [0.717, 1.165) is 0 Å². The Morgan fingerprint density at radius 1 is 1.42 bits per heavy atom. The van der Waals surface area contributed by atoms with Gasteiger partial charge in [-0.3, -0.25) is 5.84 Å². The number of hydrogen-bond donors (Lipinski definition) is 3. The second kappa shape index (κ2) is 3.85. The third kappa shape index (κ3) is 2.78. The van der Waals surface area contributed by atoms with Gasteiger partial charge in [-0.2, -0.15) is 0 Å². The average molecular weight is 167 g/mol. The zero-order valence-electron chi connectivity index (χ0n) is 8.31. The predicted octanol–water partition coefficient (Wildman–Crippen LogP) is 0.643. The first-order valence-electron chi connectivity index (χ1n) is 4.06. The van der Waals surface area contributed by atoms with Crippen molar-refractivity contribution in [2.45, 2.75) is 33.0 Å². The molecular weight excluding hydrogens is 149 g/mol. The Labute approximate surface area is 76.0 Å². The zero-order valence-corrected chi connectivity index (χ0v) is 8.31. The fraction of sp³-hybridized carbons (Fsp3) is 0.750. The Morgan fingerprint density at radius 3 is 1.92 bits per heavy atom. The van der Waals surface area contributed by atoms with Crippen molar-refractivity contribution in [1.82, 2.24) is 5.43 Å². The normalized spacial score (nSPS) is 14.5. The maximum atomic E-state index is 5.85. The highest BCUT2D eigenvalue weighted by atomic mass is 15.2. The molecule has 0 fully saturated rings. The van der Waals surface area contributed by atoms with Gasteiger partial charge in [0.2, 0.25) is 0 Å². The molecule has 0 aromatic heterocycles. The second-order valence-corrected chi connectivity index (χ2v) is 3.85. The van der Waals surface area contributed by atoms with Gasteiger partial charge in [-0.15, -0.1) is 0 Å². The van der Waals surface area contributed by atoms with E-state index in [9.17, 15) is 0 Å². The first-order chi connectivity index (χ1) is 5.30. The molecule has 3 nitrogen and oxygen atoms in total. The minimum absolute atomic E-state index is 0.249. The van der Waals surface area contributed by atoms with Crippen molar-refractivity contribution in [2.24, 2.45) is 17.5 Å². The van der Waals surface area contributed by atoms with Crippen molar-refractivity contribution in [3.05, 3.63) is 11.4 Å². The van der Waals surface area contributed by atoms with E-state index >= 15 is 0 Å². The topological polar surface area (TPSA) is 64.1 Å². The summed E-state index contributed by atoms with van der Waals surface area (Å²) in [7, 11) is 5.85. The van der Waals surface area contributed by atoms with Gasteiger partial charge in [-0.05, 0) is 11.2 Å². The largest absolute Gasteiger partial charge is 0.400 e. The quantitative estimate of drug-likeness (QED) is 0.328. The highest BCUT2D eigenvalue weighted by Gasteiger charge is 2.19. The van der Waals surface area contributed by atoms with Gasteiger partial charge >= 0.3 is 0 Å². The molecule has 0 aliphatic carbocycles. The third-order valence-electron chi connectivity index (χ3n) is 1.70. The lowest BCUT2D eigenvalue weighted by Gasteiger charge is -2.26. The molecule has 68 valence electrons. The molecule has 0 aliphatic rings. The minimum atomic E-state index is -0.511. The van der Waals surface area contributed by atoms with Crippen molar-refractivity contribution in [3.63, 3.8) is 0 Å². The summed E-state index contributed by atoms with van der Waals surface area (Å²) in [6.45, 7) is 7.71. The second-order valence-electron chi connectivity index (χ2n) is 3.85. The molecule has 0 aromatic rings. The monoisotopic (exact) mass is 167 g/mol. The van der Waals surface area contributed by atoms with Crippen LogP contribution < -0.4 is 17.0 Å². The minimum Gasteiger partial charge on any atom is -0.400 e. The molecule has 5 N–H and O–H groups in total. The summed E-state index contributed by atoms with van der Waals surface area (Å²) in [5.41, 5.74) is 9.79. The molecule has 0 bridgehead atoms. The third-order valence-corrected chi connectivity index (χ3v) is 1.70. The van der Waals surface area contributed by atoms with E-state index in [0.29, 0.717) is 11.4 Å². The molecule has 0 amide bonds. The van der Waals surface area contributed by atoms with Crippen LogP contribution in [-0.4, -0.2) is 7.85 Å². The standard InChI is InChI=1S/C8H18BN3/c1-5(2)6(10)7(12-11)8(3,4)9/h5,12H,10-11H2,1-4H3/b7-6-. The molecule has 0 saturated carbocycles. The molecular formula is C8H18BN3. The predicted molar refractivity (Wildman–Crippen MR) is 53.2 cm³/mol. The zero-order chi connectivity index (χ0) is 9.94. The molecule has 4 heteroatoms. The van der Waals surface area contributed by atoms with Crippen molar-refractivity contribution in [2.75, 3.05) is 0 Å². The molecule has 0 saturated heterocycles. The van der Waals surface area contributed by atoms with Crippen molar-refractivity contribution < 1.29 is 0 Å². The molecule has 0 spiro atoms. The number of hydrogen-bond acceptors (Lipinski definition) is 3. The van der Waals surface area contributed by atoms with Gasteiger partial charge in [0.25, 0.3) is 0 Å². The Kier molecular flexibility index (Phi) is 3.65. The van der Waals surface area contributed by atoms with E-state index in [4.69, 9.17) is 19.4 Å². The first kappa shape index (κ1) is 11.4. The molecule has 0 rings (SSSR count). The summed E-state index contributed by atoms with van der Waals surface area (Å²) in [4.78, 5) is 0. The summed E-state index contributed by atoms with van der Waals surface area (Å²) >= 11 is 0. The van der Waals surface area contributed by atoms with Gasteiger partial charge in [0.05, 0.1) is 7.85 Å². The highest BCUT2D eigenvalue weighted by Crippen LogP contribution is 2.29. The van der Waals surface area contributed by atoms with Crippen LogP contribution in [0.5, 0.6) is 0 Å². The maximum Gasteiger partial charge on any atom is 0.0824 e. The smallest absolute Gasteiger partial charge is 0.0824 e. The molecule has 0 aromatic carbocycles. The van der Waals surface area contributed by atoms with Crippen LogP contribution in [0.15, 0.2) is 11.4 Å². The van der Waals surface area contributed by atoms with Gasteiger partial charge in [-0.1, -0.05) is 27.7 Å². The van der Waals surface area contributed by atoms with E-state index < -0.39 is 5.31 Å². The van der Waals surface area contributed by atoms with Crippen LogP contribution in [0.2, 0.25) is 5.31 Å². The van der Waals surface area contributed by atoms with Crippen molar-refractivity contribution >= 4 is 7.85 Å². The number of nitrogens with two attached hydrogens (primary N) is 2. The van der Waals surface area contributed by atoms with Crippen LogP contribution in [0.25, 0.3) is 0 Å². The van der Waals surface area contributed by atoms with E-state index in [1.165, 1.54) is 0 Å². The molecule has 0 heterocycles. The fourth-order valence-corrected chi connectivity index (χ4v) is 0.930. The van der Waals surface area contributed by atoms with Crippen molar-refractivity contribution in [1.29, 1.82) is 0 Å². The lowest BCUT2D eigenvalue weighted by atomic mass is 9.69. The van der Waals surface area contributed by atoms with Crippen LogP contribution in [0.1, 0.15) is 27.7 Å². The van der Waals surface area contributed by atoms with Gasteiger partial charge in [0.15, 0.2) is 0 Å². The molecule has 0 aliphatic heterocycles. The first-order valence-corrected chi connectivity index (χ1v) is 4.06. The SMILES string of the molecule is [B]C(C)(C)/C(NN)=C(/N)C(C)C. The molecule has 0 unspecified atom stereocenters. The summed E-state index contributed by atoms with van der Waals surface area (Å²) < 4.78 is 0. The van der Waals surface area contributed by atoms with Crippen LogP contribution in [0, 0.1) is 5.92 Å². The average Bonchev–Trinajstić information content (AvgIpc) is 1.85. The number of rotatable bonds is 3. The van der Waals surface area contributed by atoms with E-state index in [-0.39, 0.29) is 5.92 Å². The number of hydrazine groups is 1. The number of nitrogens with one attached hydrogen (secondary N) is 1. The summed E-state index contributed by atoms with van der Waals surface area (Å²) in [6.07, 6.45) is 0. The van der Waals surface area contributed by atoms with E-state index in [1.807, 2.05) is 27.7 Å². The van der Waals surface area contributed by atoms with E-state index in [1.54, 1.807) is 0 Å². The molecule has 12 heavy (non-hydrogen) atoms. The number of allylic oxidation sites excluding steroid dienone is 2. The highest BCUT2D eigenvalue weighted by molar-refractivity contribution is 6.16. The van der Waals surface area contributed by atoms with Gasteiger partial charge in [0.1, 0.15) is 0 Å². The molecule has 0 atom stereocenters. The van der Waals surface area contributed by atoms with Gasteiger partial charge in [-0.25, -0.2) is 0 Å². The molecule has 2 radical (unpaired) electrons. The Balaban J connectivity index is 4.87. The summed E-state index contributed by atoms with van der Waals surface area (Å²) in [6, 6.07) is 0. The summed E-state index contributed by atoms with van der Waals surface area (Å²) in [5, 5.41) is -0.511. The lowest BCUT2D eigenvalue weighted by molar-refractivity contribution is 0.632. The Morgan fingerprint density at radius 2 is 1.83 bits per heavy atom. The summed E-state index contributed by atoms with van der Waals surface area (Å²) in [5.74, 6) is 5.58. The van der Waals surface area contributed by atoms with Crippen LogP contribution >= 0.6 is 0 Å². The Hall–Kier alpha value is -0.635. The fourth-order valence-electron chi connectivity index (χ4n) is 0.930. The van der Waals surface area contributed by atoms with E-state index in [2.05, 4.69) is 5.43 Å². The van der Waals surface area contributed by atoms with Crippen molar-refractivity contribution in [3.8, 4) is 0 Å². The van der Waals surface area contributed by atoms with Crippen LogP contribution in [-0.2, 0) is 0 Å². The maximum absolute atomic E-state index is 5.85. The lowest BCUT2D eigenvalue weighted by Crippen LogP contribution is -2.32. The van der Waals surface area contributed by atoms with Crippen LogP contribution in [0.3, 0.4) is 0 Å². The Bertz CT molecular complexity index is 179. The van der Waals surface area contributed by atoms with Gasteiger partial charge in [0, 0.05) is 11.4 Å². The van der Waals surface area contributed by atoms with Gasteiger partial charge < -0.3 is 11.2 Å².